The molecule has 2 aromatic rings. The highest BCUT2D eigenvalue weighted by Crippen LogP contribution is 2.20. The molecule has 1 aromatic carbocycles. The fourth-order valence-electron chi connectivity index (χ4n) is 2.96. The monoisotopic (exact) mass is 356 g/mol. The van der Waals surface area contributed by atoms with Crippen LogP contribution in [0.5, 0.6) is 5.75 Å². The first-order valence-corrected chi connectivity index (χ1v) is 9.14. The van der Waals surface area contributed by atoms with Crippen LogP contribution in [0, 0.1) is 0 Å². The largest absolute Gasteiger partial charge is 0.494 e. The topological polar surface area (TPSA) is 88.2 Å². The van der Waals surface area contributed by atoms with E-state index in [2.05, 4.69) is 15.2 Å². The van der Waals surface area contributed by atoms with E-state index in [0.29, 0.717) is 24.5 Å². The minimum atomic E-state index is -0.302. The Morgan fingerprint density at radius 1 is 1.27 bits per heavy atom. The summed E-state index contributed by atoms with van der Waals surface area (Å²) in [5, 5.41) is 8.16. The Balaban J connectivity index is 1.67. The lowest BCUT2D eigenvalue weighted by Crippen LogP contribution is -2.28. The first kappa shape index (κ1) is 18.1. The molecule has 0 radical (unpaired) electrons. The fraction of sp³-hybridized carbons (Fsp3) is 0.474. The number of hydrogen-bond donors (Lipinski definition) is 1. The molecule has 0 spiro atoms. The smallest absolute Gasteiger partial charge is 0.273 e. The van der Waals surface area contributed by atoms with Gasteiger partial charge in [0.25, 0.3) is 5.56 Å². The van der Waals surface area contributed by atoms with Gasteiger partial charge < -0.3 is 14.6 Å². The van der Waals surface area contributed by atoms with Crippen LogP contribution in [0.25, 0.3) is 11.4 Å². The maximum absolute atomic E-state index is 12.3. The third-order valence-corrected chi connectivity index (χ3v) is 4.38. The van der Waals surface area contributed by atoms with Crippen LogP contribution < -0.4 is 10.3 Å². The van der Waals surface area contributed by atoms with Crippen molar-refractivity contribution < 1.29 is 9.53 Å². The molecule has 1 amide bonds. The van der Waals surface area contributed by atoms with Gasteiger partial charge in [0, 0.05) is 31.5 Å². The minimum absolute atomic E-state index is 0.0774. The van der Waals surface area contributed by atoms with Crippen molar-refractivity contribution in [3.8, 4) is 17.1 Å². The van der Waals surface area contributed by atoms with E-state index in [1.807, 2.05) is 36.1 Å². The van der Waals surface area contributed by atoms with Gasteiger partial charge in [-0.05, 0) is 31.4 Å². The van der Waals surface area contributed by atoms with Crippen LogP contribution in [0.1, 0.15) is 38.3 Å². The summed E-state index contributed by atoms with van der Waals surface area (Å²) in [6.07, 6.45) is 3.63. The summed E-state index contributed by atoms with van der Waals surface area (Å²) < 4.78 is 5.60. The molecule has 1 saturated heterocycles. The molecule has 0 unspecified atom stereocenters. The van der Waals surface area contributed by atoms with Crippen molar-refractivity contribution in [1.29, 1.82) is 0 Å². The molecule has 0 aliphatic carbocycles. The van der Waals surface area contributed by atoms with E-state index in [9.17, 15) is 9.59 Å². The first-order chi connectivity index (χ1) is 12.7. The second kappa shape index (κ2) is 8.60. The van der Waals surface area contributed by atoms with Gasteiger partial charge in [-0.15, -0.1) is 10.2 Å². The first-order valence-electron chi connectivity index (χ1n) is 9.14. The minimum Gasteiger partial charge on any atom is -0.494 e. The van der Waals surface area contributed by atoms with Gasteiger partial charge in [0.1, 0.15) is 11.4 Å². The van der Waals surface area contributed by atoms with Gasteiger partial charge in [0.05, 0.1) is 6.61 Å². The Kier molecular flexibility index (Phi) is 5.99. The van der Waals surface area contributed by atoms with Crippen molar-refractivity contribution in [3.05, 3.63) is 40.3 Å². The fourth-order valence-corrected chi connectivity index (χ4v) is 2.96. The lowest BCUT2D eigenvalue weighted by molar-refractivity contribution is -0.130. The van der Waals surface area contributed by atoms with Gasteiger partial charge in [-0.3, -0.25) is 9.59 Å². The van der Waals surface area contributed by atoms with E-state index in [-0.39, 0.29) is 17.9 Å². The molecule has 1 aromatic heterocycles. The number of aromatic nitrogens is 3. The highest BCUT2D eigenvalue weighted by atomic mass is 16.5. The summed E-state index contributed by atoms with van der Waals surface area (Å²) in [5.74, 6) is 1.20. The van der Waals surface area contributed by atoms with Crippen LogP contribution in [-0.2, 0) is 11.2 Å². The second-order valence-electron chi connectivity index (χ2n) is 6.41. The number of nitrogens with zero attached hydrogens (tertiary/aromatic N) is 3. The highest BCUT2D eigenvalue weighted by Gasteiger charge is 2.18. The Hall–Kier alpha value is -2.70. The molecule has 1 fully saturated rings. The number of likely N-dealkylation sites (tertiary alicyclic amines) is 1. The quantitative estimate of drug-likeness (QED) is 0.821. The van der Waals surface area contributed by atoms with Crippen LogP contribution in [0.4, 0.5) is 0 Å². The van der Waals surface area contributed by atoms with E-state index in [1.165, 1.54) is 0 Å². The molecular weight excluding hydrogens is 332 g/mol. The number of nitrogens with one attached hydrogen (secondary N) is 1. The molecule has 0 atom stereocenters. The number of carbonyl (C=O) groups is 1. The Morgan fingerprint density at radius 2 is 2.08 bits per heavy atom. The molecule has 3 rings (SSSR count). The number of hydrogen-bond acceptors (Lipinski definition) is 5. The molecule has 2 heterocycles. The Labute approximate surface area is 152 Å². The van der Waals surface area contributed by atoms with E-state index in [4.69, 9.17) is 4.74 Å². The normalized spacial score (nSPS) is 13.8. The molecular formula is C19H24N4O3. The number of rotatable bonds is 7. The van der Waals surface area contributed by atoms with E-state index in [0.717, 1.165) is 43.7 Å². The molecule has 7 heteroatoms. The summed E-state index contributed by atoms with van der Waals surface area (Å²) in [5.41, 5.74) is 0.728. The summed E-state index contributed by atoms with van der Waals surface area (Å²) >= 11 is 0. The van der Waals surface area contributed by atoms with Crippen LogP contribution in [0.15, 0.2) is 29.1 Å². The standard InChI is InChI=1S/C19H24N4O3/c1-2-12-26-15-7-5-6-14(13-15)18-20-19(25)16(21-22-18)8-9-17(24)23-10-3-4-11-23/h5-7,13H,2-4,8-12H2,1H3,(H,20,22,25). The lowest BCUT2D eigenvalue weighted by Gasteiger charge is -2.14. The molecule has 0 bridgehead atoms. The number of aromatic amines is 1. The average Bonchev–Trinajstić information content (AvgIpc) is 3.20. The average molecular weight is 356 g/mol. The zero-order chi connectivity index (χ0) is 18.4. The summed E-state index contributed by atoms with van der Waals surface area (Å²) in [7, 11) is 0. The summed E-state index contributed by atoms with van der Waals surface area (Å²) in [6, 6.07) is 7.38. The molecule has 0 saturated carbocycles. The summed E-state index contributed by atoms with van der Waals surface area (Å²) in [4.78, 5) is 29.0. The van der Waals surface area contributed by atoms with Crippen molar-refractivity contribution in [2.45, 2.75) is 39.0 Å². The van der Waals surface area contributed by atoms with Crippen molar-refractivity contribution in [1.82, 2.24) is 20.1 Å². The van der Waals surface area contributed by atoms with E-state index < -0.39 is 0 Å². The van der Waals surface area contributed by atoms with Crippen molar-refractivity contribution in [2.24, 2.45) is 0 Å². The van der Waals surface area contributed by atoms with Crippen LogP contribution in [-0.4, -0.2) is 45.7 Å². The summed E-state index contributed by atoms with van der Waals surface area (Å²) in [6.45, 7) is 4.31. The third kappa shape index (κ3) is 4.47. The van der Waals surface area contributed by atoms with Gasteiger partial charge in [-0.25, -0.2) is 0 Å². The van der Waals surface area contributed by atoms with Gasteiger partial charge in [-0.1, -0.05) is 19.1 Å². The number of benzene rings is 1. The van der Waals surface area contributed by atoms with Gasteiger partial charge in [0.15, 0.2) is 5.82 Å². The molecule has 1 N–H and O–H groups in total. The second-order valence-corrected chi connectivity index (χ2v) is 6.41. The molecule has 1 aliphatic heterocycles. The zero-order valence-electron chi connectivity index (χ0n) is 15.0. The lowest BCUT2D eigenvalue weighted by atomic mass is 10.2. The predicted octanol–water partition coefficient (Wildman–Crippen LogP) is 2.18. The number of carbonyl (C=O) groups excluding carboxylic acids is 1. The van der Waals surface area contributed by atoms with E-state index in [1.54, 1.807) is 0 Å². The highest BCUT2D eigenvalue weighted by molar-refractivity contribution is 5.76. The van der Waals surface area contributed by atoms with Crippen LogP contribution >= 0.6 is 0 Å². The van der Waals surface area contributed by atoms with Crippen molar-refractivity contribution in [3.63, 3.8) is 0 Å². The SMILES string of the molecule is CCCOc1cccc(-c2nnc(CCC(=O)N3CCCC3)c(=O)[nH]2)c1. The zero-order valence-corrected chi connectivity index (χ0v) is 15.0. The molecule has 7 nitrogen and oxygen atoms in total. The Bertz CT molecular complexity index is 812. The molecule has 1 aliphatic rings. The number of ether oxygens (including phenoxy) is 1. The van der Waals surface area contributed by atoms with Gasteiger partial charge >= 0.3 is 0 Å². The number of H-pyrrole nitrogens is 1. The Morgan fingerprint density at radius 3 is 2.81 bits per heavy atom. The van der Waals surface area contributed by atoms with Gasteiger partial charge in [-0.2, -0.15) is 0 Å². The predicted molar refractivity (Wildman–Crippen MR) is 98.0 cm³/mol. The third-order valence-electron chi connectivity index (χ3n) is 4.38. The van der Waals surface area contributed by atoms with E-state index >= 15 is 0 Å². The van der Waals surface area contributed by atoms with Crippen molar-refractivity contribution in [2.75, 3.05) is 19.7 Å². The maximum Gasteiger partial charge on any atom is 0.273 e. The van der Waals surface area contributed by atoms with Gasteiger partial charge in [0.2, 0.25) is 5.91 Å². The number of aryl methyl sites for hydroxylation is 1. The molecule has 26 heavy (non-hydrogen) atoms. The van der Waals surface area contributed by atoms with Crippen LogP contribution in [0.3, 0.4) is 0 Å². The van der Waals surface area contributed by atoms with Crippen LogP contribution in [0.2, 0.25) is 0 Å². The molecule has 138 valence electrons. The number of amides is 1. The van der Waals surface area contributed by atoms with Crippen molar-refractivity contribution >= 4 is 5.91 Å². The maximum atomic E-state index is 12.3.